The molecule has 0 fully saturated rings. The van der Waals surface area contributed by atoms with Crippen molar-refractivity contribution >= 4 is 0 Å². The quantitative estimate of drug-likeness (QED) is 0.911. The summed E-state index contributed by atoms with van der Waals surface area (Å²) in [5.41, 5.74) is 4.07. The summed E-state index contributed by atoms with van der Waals surface area (Å²) in [4.78, 5) is 0. The Kier molecular flexibility index (Phi) is 3.98. The zero-order valence-corrected chi connectivity index (χ0v) is 11.5. The van der Waals surface area contributed by atoms with Gasteiger partial charge in [0, 0.05) is 31.4 Å². The zero-order valence-electron chi connectivity index (χ0n) is 11.5. The first kappa shape index (κ1) is 13.3. The lowest BCUT2D eigenvalue weighted by Crippen LogP contribution is -2.18. The van der Waals surface area contributed by atoms with Gasteiger partial charge < -0.3 is 5.32 Å². The standard InChI is InChI=1S/C15H18N4/c1-11(15-10-19(3)18-12(15)2)17-9-14-6-4-5-13(7-14)8-16/h4-7,10-11,17H,9H2,1-3H3. The van der Waals surface area contributed by atoms with Crippen LogP contribution in [0.5, 0.6) is 0 Å². The molecule has 4 heteroatoms. The largest absolute Gasteiger partial charge is 0.306 e. The number of benzene rings is 1. The molecule has 19 heavy (non-hydrogen) atoms. The molecule has 0 saturated carbocycles. The lowest BCUT2D eigenvalue weighted by molar-refractivity contribution is 0.572. The molecule has 4 nitrogen and oxygen atoms in total. The highest BCUT2D eigenvalue weighted by Gasteiger charge is 2.11. The van der Waals surface area contributed by atoms with E-state index < -0.39 is 0 Å². The maximum atomic E-state index is 8.88. The Morgan fingerprint density at radius 3 is 2.89 bits per heavy atom. The molecule has 2 rings (SSSR count). The zero-order chi connectivity index (χ0) is 13.8. The van der Waals surface area contributed by atoms with Gasteiger partial charge in [0.2, 0.25) is 0 Å². The van der Waals surface area contributed by atoms with Gasteiger partial charge in [-0.15, -0.1) is 0 Å². The van der Waals surface area contributed by atoms with E-state index in [1.54, 1.807) is 0 Å². The maximum Gasteiger partial charge on any atom is 0.0991 e. The van der Waals surface area contributed by atoms with Gasteiger partial charge in [-0.1, -0.05) is 12.1 Å². The van der Waals surface area contributed by atoms with Gasteiger partial charge in [-0.2, -0.15) is 10.4 Å². The van der Waals surface area contributed by atoms with E-state index in [0.29, 0.717) is 5.56 Å². The molecule has 0 bridgehead atoms. The molecule has 2 aromatic rings. The third kappa shape index (κ3) is 3.21. The third-order valence-corrected chi connectivity index (χ3v) is 3.19. The molecule has 1 unspecified atom stereocenters. The maximum absolute atomic E-state index is 8.88. The van der Waals surface area contributed by atoms with Crippen LogP contribution in [0.3, 0.4) is 0 Å². The molecule has 0 aliphatic heterocycles. The summed E-state index contributed by atoms with van der Waals surface area (Å²) in [6.45, 7) is 4.88. The molecule has 0 aliphatic rings. The highest BCUT2D eigenvalue weighted by Crippen LogP contribution is 2.16. The highest BCUT2D eigenvalue weighted by atomic mass is 15.3. The molecule has 98 valence electrons. The Bertz CT molecular complexity index is 607. The minimum Gasteiger partial charge on any atom is -0.306 e. The second kappa shape index (κ2) is 5.68. The first-order valence-electron chi connectivity index (χ1n) is 6.32. The molecular weight excluding hydrogens is 236 g/mol. The third-order valence-electron chi connectivity index (χ3n) is 3.19. The van der Waals surface area contributed by atoms with Gasteiger partial charge >= 0.3 is 0 Å². The van der Waals surface area contributed by atoms with Crippen LogP contribution >= 0.6 is 0 Å². The molecule has 1 N–H and O–H groups in total. The molecule has 0 aliphatic carbocycles. The number of hydrogen-bond acceptors (Lipinski definition) is 3. The molecule has 1 heterocycles. The van der Waals surface area contributed by atoms with Crippen molar-refractivity contribution in [3.8, 4) is 6.07 Å². The van der Waals surface area contributed by atoms with E-state index in [0.717, 1.165) is 17.8 Å². The summed E-state index contributed by atoms with van der Waals surface area (Å²) < 4.78 is 1.83. The van der Waals surface area contributed by atoms with Crippen LogP contribution in [0.2, 0.25) is 0 Å². The Morgan fingerprint density at radius 1 is 1.47 bits per heavy atom. The second-order valence-corrected chi connectivity index (χ2v) is 4.76. The monoisotopic (exact) mass is 254 g/mol. The van der Waals surface area contributed by atoms with Crippen molar-refractivity contribution in [2.24, 2.45) is 7.05 Å². The number of aryl methyl sites for hydroxylation is 2. The van der Waals surface area contributed by atoms with Crippen molar-refractivity contribution in [3.63, 3.8) is 0 Å². The minimum absolute atomic E-state index is 0.236. The fourth-order valence-corrected chi connectivity index (χ4v) is 2.17. The molecule has 0 amide bonds. The van der Waals surface area contributed by atoms with Crippen molar-refractivity contribution in [3.05, 3.63) is 52.8 Å². The van der Waals surface area contributed by atoms with E-state index in [-0.39, 0.29) is 6.04 Å². The fraction of sp³-hybridized carbons (Fsp3) is 0.333. The molecule has 0 saturated heterocycles. The fourth-order valence-electron chi connectivity index (χ4n) is 2.17. The van der Waals surface area contributed by atoms with Crippen molar-refractivity contribution in [2.75, 3.05) is 0 Å². The van der Waals surface area contributed by atoms with Gasteiger partial charge in [0.1, 0.15) is 0 Å². The van der Waals surface area contributed by atoms with Crippen LogP contribution in [0.25, 0.3) is 0 Å². The van der Waals surface area contributed by atoms with Crippen LogP contribution in [0.1, 0.15) is 35.3 Å². The van der Waals surface area contributed by atoms with Gasteiger partial charge in [0.25, 0.3) is 0 Å². The molecule has 1 aromatic carbocycles. The number of rotatable bonds is 4. The minimum atomic E-state index is 0.236. The first-order valence-corrected chi connectivity index (χ1v) is 6.32. The number of nitrogens with one attached hydrogen (secondary N) is 1. The summed E-state index contributed by atoms with van der Waals surface area (Å²) in [7, 11) is 1.93. The topological polar surface area (TPSA) is 53.6 Å². The van der Waals surface area contributed by atoms with E-state index in [1.165, 1.54) is 5.56 Å². The van der Waals surface area contributed by atoms with E-state index in [2.05, 4.69) is 23.4 Å². The van der Waals surface area contributed by atoms with Crippen LogP contribution < -0.4 is 5.32 Å². The van der Waals surface area contributed by atoms with Crippen LogP contribution in [-0.2, 0) is 13.6 Å². The normalized spacial score (nSPS) is 12.1. The Morgan fingerprint density at radius 2 is 2.26 bits per heavy atom. The Balaban J connectivity index is 2.02. The van der Waals surface area contributed by atoms with Gasteiger partial charge in [0.05, 0.1) is 17.3 Å². The molecular formula is C15H18N4. The summed E-state index contributed by atoms with van der Waals surface area (Å²) >= 11 is 0. The van der Waals surface area contributed by atoms with Crippen molar-refractivity contribution in [1.82, 2.24) is 15.1 Å². The predicted molar refractivity (Wildman–Crippen MR) is 74.4 cm³/mol. The average molecular weight is 254 g/mol. The predicted octanol–water partition coefficient (Wildman–Crippen LogP) is 2.45. The van der Waals surface area contributed by atoms with E-state index in [9.17, 15) is 0 Å². The van der Waals surface area contributed by atoms with Crippen LogP contribution in [-0.4, -0.2) is 9.78 Å². The Hall–Kier alpha value is -2.12. The van der Waals surface area contributed by atoms with E-state index in [1.807, 2.05) is 49.1 Å². The molecule has 0 radical (unpaired) electrons. The van der Waals surface area contributed by atoms with Crippen molar-refractivity contribution in [2.45, 2.75) is 26.4 Å². The number of hydrogen-bond donors (Lipinski definition) is 1. The smallest absolute Gasteiger partial charge is 0.0991 e. The molecule has 1 atom stereocenters. The van der Waals surface area contributed by atoms with Gasteiger partial charge in [-0.25, -0.2) is 0 Å². The Labute approximate surface area is 113 Å². The van der Waals surface area contributed by atoms with Gasteiger partial charge in [-0.3, -0.25) is 4.68 Å². The number of nitrogens with zero attached hydrogens (tertiary/aromatic N) is 3. The average Bonchev–Trinajstić information content (AvgIpc) is 2.75. The summed E-state index contributed by atoms with van der Waals surface area (Å²) in [6.07, 6.45) is 2.04. The summed E-state index contributed by atoms with van der Waals surface area (Å²) in [5, 5.41) is 16.7. The highest BCUT2D eigenvalue weighted by molar-refractivity contribution is 5.32. The lowest BCUT2D eigenvalue weighted by atomic mass is 10.1. The van der Waals surface area contributed by atoms with Crippen molar-refractivity contribution < 1.29 is 0 Å². The lowest BCUT2D eigenvalue weighted by Gasteiger charge is -2.13. The van der Waals surface area contributed by atoms with E-state index >= 15 is 0 Å². The van der Waals surface area contributed by atoms with Crippen LogP contribution in [0.4, 0.5) is 0 Å². The van der Waals surface area contributed by atoms with Gasteiger partial charge in [0.15, 0.2) is 0 Å². The number of nitriles is 1. The molecule has 0 spiro atoms. The van der Waals surface area contributed by atoms with Crippen LogP contribution in [0.15, 0.2) is 30.5 Å². The van der Waals surface area contributed by atoms with Crippen molar-refractivity contribution in [1.29, 1.82) is 5.26 Å². The second-order valence-electron chi connectivity index (χ2n) is 4.76. The van der Waals surface area contributed by atoms with E-state index in [4.69, 9.17) is 5.26 Å². The van der Waals surface area contributed by atoms with Crippen LogP contribution in [0, 0.1) is 18.3 Å². The first-order chi connectivity index (χ1) is 9.10. The number of aromatic nitrogens is 2. The SMILES string of the molecule is Cc1nn(C)cc1C(C)NCc1cccc(C#N)c1. The molecule has 1 aromatic heterocycles. The summed E-state index contributed by atoms with van der Waals surface area (Å²) in [6, 6.07) is 10.1. The summed E-state index contributed by atoms with van der Waals surface area (Å²) in [5.74, 6) is 0. The van der Waals surface area contributed by atoms with Gasteiger partial charge in [-0.05, 0) is 31.5 Å².